The number of aryl methyl sites for hydroxylation is 1. The maximum Gasteiger partial charge on any atom is 0.284 e. The van der Waals surface area contributed by atoms with Crippen molar-refractivity contribution in [3.05, 3.63) is 71.5 Å². The number of hydrogen-bond acceptors (Lipinski definition) is 3. The topological polar surface area (TPSA) is 83.8 Å². The van der Waals surface area contributed by atoms with Gasteiger partial charge in [-0.2, -0.15) is 8.42 Å². The Hall–Kier alpha value is -3.10. The quantitative estimate of drug-likeness (QED) is 0.431. The summed E-state index contributed by atoms with van der Waals surface area (Å²) >= 11 is 6.13. The molecule has 3 aromatic rings. The summed E-state index contributed by atoms with van der Waals surface area (Å²) in [6.45, 7) is 0. The first-order valence-electron chi connectivity index (χ1n) is 9.42. The van der Waals surface area contributed by atoms with Gasteiger partial charge in [0.05, 0.1) is 11.3 Å². The van der Waals surface area contributed by atoms with Crippen LogP contribution in [0, 0.1) is 0 Å². The summed E-state index contributed by atoms with van der Waals surface area (Å²) in [5.41, 5.74) is 2.28. The van der Waals surface area contributed by atoms with Gasteiger partial charge in [0, 0.05) is 55.4 Å². The number of anilines is 1. The molecule has 3 rings (SSSR count). The van der Waals surface area contributed by atoms with E-state index in [9.17, 15) is 13.2 Å². The first-order chi connectivity index (χ1) is 14.7. The molecular weight excluding hydrogens is 436 g/mol. The van der Waals surface area contributed by atoms with Gasteiger partial charge in [0.25, 0.3) is 10.0 Å². The fraction of sp³-hybridized carbons (Fsp3) is 0.182. The van der Waals surface area contributed by atoms with E-state index in [1.165, 1.54) is 17.3 Å². The minimum Gasteiger partial charge on any atom is -0.368 e. The zero-order valence-electron chi connectivity index (χ0n) is 17.4. The van der Waals surface area contributed by atoms with Crippen molar-refractivity contribution in [2.24, 2.45) is 11.4 Å². The van der Waals surface area contributed by atoms with E-state index in [1.54, 1.807) is 50.5 Å². The molecule has 0 radical (unpaired) electrons. The van der Waals surface area contributed by atoms with E-state index in [-0.39, 0.29) is 17.2 Å². The second kappa shape index (κ2) is 9.36. The lowest BCUT2D eigenvalue weighted by atomic mass is 10.1. The summed E-state index contributed by atoms with van der Waals surface area (Å²) in [5.74, 6) is -0.305. The Labute approximate surface area is 187 Å². The molecule has 0 saturated carbocycles. The minimum absolute atomic E-state index is 0.00680. The van der Waals surface area contributed by atoms with Gasteiger partial charge in [-0.15, -0.1) is 4.40 Å². The number of hydrogen-bond donors (Lipinski definition) is 1. The van der Waals surface area contributed by atoms with Gasteiger partial charge in [-0.1, -0.05) is 35.9 Å². The number of rotatable bonds is 7. The lowest BCUT2D eigenvalue weighted by Crippen LogP contribution is -2.15. The third-order valence-electron chi connectivity index (χ3n) is 4.41. The number of carbonyl (C=O) groups is 1. The first kappa shape index (κ1) is 22.6. The normalized spacial score (nSPS) is 11.6. The smallest absolute Gasteiger partial charge is 0.284 e. The largest absolute Gasteiger partial charge is 0.368 e. The number of halogens is 1. The predicted octanol–water partition coefficient (Wildman–Crippen LogP) is 3.81. The summed E-state index contributed by atoms with van der Waals surface area (Å²) < 4.78 is 31.5. The monoisotopic (exact) mass is 458 g/mol. The van der Waals surface area contributed by atoms with E-state index in [1.807, 2.05) is 30.1 Å². The summed E-state index contributed by atoms with van der Waals surface area (Å²) in [6.07, 6.45) is 4.95. The fourth-order valence-electron chi connectivity index (χ4n) is 2.95. The highest BCUT2D eigenvalue weighted by Crippen LogP contribution is 2.31. The summed E-state index contributed by atoms with van der Waals surface area (Å²) in [5, 5.41) is 3.25. The van der Waals surface area contributed by atoms with E-state index in [2.05, 4.69) is 9.71 Å². The van der Waals surface area contributed by atoms with Crippen LogP contribution >= 0.6 is 11.6 Å². The highest BCUT2D eigenvalue weighted by molar-refractivity contribution is 7.90. The van der Waals surface area contributed by atoms with Gasteiger partial charge in [-0.05, 0) is 29.8 Å². The average molecular weight is 459 g/mol. The molecule has 162 valence electrons. The van der Waals surface area contributed by atoms with Crippen LogP contribution in [0.4, 0.5) is 5.69 Å². The van der Waals surface area contributed by atoms with Crippen LogP contribution in [0.25, 0.3) is 11.1 Å². The van der Waals surface area contributed by atoms with Crippen LogP contribution in [-0.4, -0.2) is 44.2 Å². The third-order valence-corrected chi connectivity index (χ3v) is 6.05. The van der Waals surface area contributed by atoms with Crippen LogP contribution in [0.15, 0.2) is 70.2 Å². The number of benzene rings is 2. The highest BCUT2D eigenvalue weighted by Gasteiger charge is 2.20. The number of carbonyl (C=O) groups excluding carboxylic acids is 1. The van der Waals surface area contributed by atoms with Gasteiger partial charge >= 0.3 is 0 Å². The molecule has 0 bridgehead atoms. The lowest BCUT2D eigenvalue weighted by Gasteiger charge is -2.12. The van der Waals surface area contributed by atoms with Crippen LogP contribution < -0.4 is 5.32 Å². The van der Waals surface area contributed by atoms with Gasteiger partial charge in [-0.3, -0.25) is 4.79 Å². The zero-order valence-corrected chi connectivity index (χ0v) is 19.0. The number of nitrogens with zero attached hydrogens (tertiary/aromatic N) is 3. The van der Waals surface area contributed by atoms with Crippen molar-refractivity contribution in [1.29, 1.82) is 0 Å². The Bertz CT molecular complexity index is 1230. The van der Waals surface area contributed by atoms with Crippen LogP contribution in [0.3, 0.4) is 0 Å². The maximum absolute atomic E-state index is 12.9. The molecule has 0 saturated heterocycles. The number of aromatic nitrogens is 1. The fourth-order valence-corrected chi connectivity index (χ4v) is 4.32. The minimum atomic E-state index is -4.00. The molecule has 2 aromatic carbocycles. The van der Waals surface area contributed by atoms with E-state index in [4.69, 9.17) is 11.6 Å². The Balaban J connectivity index is 1.96. The van der Waals surface area contributed by atoms with E-state index >= 15 is 0 Å². The van der Waals surface area contributed by atoms with Crippen molar-refractivity contribution in [2.75, 3.05) is 19.4 Å². The molecule has 1 heterocycles. The number of amides is 1. The molecular formula is C22H23ClN4O3S. The molecule has 0 spiro atoms. The Morgan fingerprint density at radius 1 is 1.19 bits per heavy atom. The summed E-state index contributed by atoms with van der Waals surface area (Å²) in [4.78, 5) is 14.1. The van der Waals surface area contributed by atoms with Crippen molar-refractivity contribution in [3.63, 3.8) is 0 Å². The molecule has 7 nitrogen and oxygen atoms in total. The number of sulfonamides is 1. The van der Waals surface area contributed by atoms with Gasteiger partial charge in [0.2, 0.25) is 5.91 Å². The molecule has 0 unspecified atom stereocenters. The molecule has 9 heteroatoms. The second-order valence-corrected chi connectivity index (χ2v) is 9.26. The van der Waals surface area contributed by atoms with Gasteiger partial charge in [0.15, 0.2) is 0 Å². The Morgan fingerprint density at radius 2 is 1.94 bits per heavy atom. The van der Waals surface area contributed by atoms with Crippen LogP contribution in [0.1, 0.15) is 5.56 Å². The summed E-state index contributed by atoms with van der Waals surface area (Å²) in [6, 6.07) is 13.7. The van der Waals surface area contributed by atoms with Crippen molar-refractivity contribution < 1.29 is 13.2 Å². The van der Waals surface area contributed by atoms with E-state index < -0.39 is 10.0 Å². The second-order valence-electron chi connectivity index (χ2n) is 7.25. The molecule has 1 aromatic heterocycles. The molecule has 0 fully saturated rings. The lowest BCUT2D eigenvalue weighted by molar-refractivity contribution is -0.115. The van der Waals surface area contributed by atoms with E-state index in [0.29, 0.717) is 21.8 Å². The van der Waals surface area contributed by atoms with Crippen molar-refractivity contribution in [3.8, 4) is 11.1 Å². The van der Waals surface area contributed by atoms with E-state index in [0.717, 1.165) is 5.56 Å². The van der Waals surface area contributed by atoms with Gasteiger partial charge in [0.1, 0.15) is 6.34 Å². The number of nitrogens with one attached hydrogen (secondary N) is 1. The molecule has 1 N–H and O–H groups in total. The molecule has 1 amide bonds. The molecule has 0 aliphatic rings. The van der Waals surface area contributed by atoms with Crippen LogP contribution in [-0.2, 0) is 28.3 Å². The van der Waals surface area contributed by atoms with Crippen molar-refractivity contribution in [1.82, 2.24) is 9.47 Å². The Kier molecular flexibility index (Phi) is 6.82. The SMILES string of the molecule is CN(C)C=NS(=O)(=O)c1cc(NC(=O)Cc2ccccc2Cl)ccc1-c1ccn(C)c1. The molecule has 0 aliphatic heterocycles. The third kappa shape index (κ3) is 5.74. The van der Waals surface area contributed by atoms with Crippen LogP contribution in [0.2, 0.25) is 5.02 Å². The van der Waals surface area contributed by atoms with Crippen molar-refractivity contribution >= 4 is 39.6 Å². The van der Waals surface area contributed by atoms with Gasteiger partial charge in [-0.25, -0.2) is 0 Å². The summed E-state index contributed by atoms with van der Waals surface area (Å²) in [7, 11) is 1.22. The molecule has 31 heavy (non-hydrogen) atoms. The first-order valence-corrected chi connectivity index (χ1v) is 11.2. The standard InChI is InChI=1S/C22H23ClN4O3S/c1-26(2)15-24-31(29,30)21-13-18(8-9-19(21)17-10-11-27(3)14-17)25-22(28)12-16-6-4-5-7-20(16)23/h4-11,13-15H,12H2,1-3H3,(H,25,28). The van der Waals surface area contributed by atoms with Gasteiger partial charge < -0.3 is 14.8 Å². The average Bonchev–Trinajstić information content (AvgIpc) is 3.14. The molecule has 0 aliphatic carbocycles. The van der Waals surface area contributed by atoms with Crippen molar-refractivity contribution in [2.45, 2.75) is 11.3 Å². The van der Waals surface area contributed by atoms with Crippen LogP contribution in [0.5, 0.6) is 0 Å². The zero-order chi connectivity index (χ0) is 22.6. The predicted molar refractivity (Wildman–Crippen MR) is 124 cm³/mol. The molecule has 0 atom stereocenters. The maximum atomic E-state index is 12.9. The highest BCUT2D eigenvalue weighted by atomic mass is 35.5. The Morgan fingerprint density at radius 3 is 2.58 bits per heavy atom.